The van der Waals surface area contributed by atoms with E-state index in [1.54, 1.807) is 0 Å². The second kappa shape index (κ2) is 11.3. The number of benzene rings is 2. The Morgan fingerprint density at radius 2 is 1.77 bits per heavy atom. The van der Waals surface area contributed by atoms with Gasteiger partial charge in [-0.2, -0.15) is 0 Å². The number of rotatable bonds is 6. The van der Waals surface area contributed by atoms with E-state index in [4.69, 9.17) is 9.47 Å². The molecule has 1 fully saturated rings. The van der Waals surface area contributed by atoms with Gasteiger partial charge in [0.05, 0.1) is 24.9 Å². The molecule has 1 saturated heterocycles. The molecule has 0 amide bonds. The summed E-state index contributed by atoms with van der Waals surface area (Å²) < 4.78 is 11.7. The minimum absolute atomic E-state index is 0. The van der Waals surface area contributed by atoms with Crippen molar-refractivity contribution in [3.8, 4) is 5.75 Å². The summed E-state index contributed by atoms with van der Waals surface area (Å²) in [5.74, 6) is 0.871. The van der Waals surface area contributed by atoms with Crippen LogP contribution in [-0.2, 0) is 11.3 Å². The molecule has 2 unspecified atom stereocenters. The average molecular weight is 399 g/mol. The van der Waals surface area contributed by atoms with E-state index in [-0.39, 0.29) is 37.1 Å². The maximum Gasteiger partial charge on any atom is 0.143 e. The molecule has 6 heteroatoms. The molecule has 1 aliphatic heterocycles. The van der Waals surface area contributed by atoms with Crippen molar-refractivity contribution >= 4 is 30.5 Å². The molecule has 26 heavy (non-hydrogen) atoms. The molecule has 1 aliphatic rings. The highest BCUT2D eigenvalue weighted by Crippen LogP contribution is 2.27. The monoisotopic (exact) mass is 398 g/mol. The van der Waals surface area contributed by atoms with Crippen LogP contribution in [0.3, 0.4) is 0 Å². The van der Waals surface area contributed by atoms with E-state index in [0.717, 1.165) is 31.1 Å². The van der Waals surface area contributed by atoms with Gasteiger partial charge in [-0.3, -0.25) is 4.90 Å². The van der Waals surface area contributed by atoms with Crippen LogP contribution < -0.4 is 10.1 Å². The zero-order chi connectivity index (χ0) is 16.8. The molecule has 0 aromatic heterocycles. The summed E-state index contributed by atoms with van der Waals surface area (Å²) in [6, 6.07) is 18.9. The number of hydrogen-bond donors (Lipinski definition) is 1. The number of para-hydroxylation sites is 2. The number of halogens is 2. The maximum atomic E-state index is 5.99. The van der Waals surface area contributed by atoms with Gasteiger partial charge in [-0.25, -0.2) is 0 Å². The standard InChI is InChI=1S/C20H26N2O2.2ClH/c1-3-23-19-12-8-7-11-18(19)21-20-16(2)22(13-14-24-20)15-17-9-5-4-6-10-17;;/h4-12,16,20-21H,3,13-15H2,1-2H3;2*1H. The second-order valence-corrected chi connectivity index (χ2v) is 6.06. The SMILES string of the molecule is CCOc1ccccc1NC1OCCN(Cc2ccccc2)C1C.Cl.Cl. The Kier molecular flexibility index (Phi) is 9.81. The molecule has 2 aromatic carbocycles. The first-order valence-electron chi connectivity index (χ1n) is 8.66. The highest BCUT2D eigenvalue weighted by atomic mass is 35.5. The van der Waals surface area contributed by atoms with Gasteiger partial charge in [0.15, 0.2) is 0 Å². The predicted octanol–water partition coefficient (Wildman–Crippen LogP) is 4.59. The Balaban J connectivity index is 0.00000169. The third kappa shape index (κ3) is 5.78. The Hall–Kier alpha value is -1.46. The van der Waals surface area contributed by atoms with E-state index < -0.39 is 0 Å². The predicted molar refractivity (Wildman–Crippen MR) is 112 cm³/mol. The van der Waals surface area contributed by atoms with Crippen LogP contribution in [0.15, 0.2) is 54.6 Å². The summed E-state index contributed by atoms with van der Waals surface area (Å²) in [5.41, 5.74) is 2.32. The average Bonchev–Trinajstić information content (AvgIpc) is 2.61. The first-order valence-corrected chi connectivity index (χ1v) is 8.66. The smallest absolute Gasteiger partial charge is 0.143 e. The summed E-state index contributed by atoms with van der Waals surface area (Å²) in [7, 11) is 0. The van der Waals surface area contributed by atoms with Gasteiger partial charge >= 0.3 is 0 Å². The second-order valence-electron chi connectivity index (χ2n) is 6.06. The number of hydrogen-bond acceptors (Lipinski definition) is 4. The van der Waals surface area contributed by atoms with Crippen molar-refractivity contribution in [1.82, 2.24) is 4.90 Å². The lowest BCUT2D eigenvalue weighted by Crippen LogP contribution is -2.52. The largest absolute Gasteiger partial charge is 0.492 e. The zero-order valence-electron chi connectivity index (χ0n) is 15.3. The fourth-order valence-corrected chi connectivity index (χ4v) is 3.06. The summed E-state index contributed by atoms with van der Waals surface area (Å²) in [6.45, 7) is 7.48. The lowest BCUT2D eigenvalue weighted by atomic mass is 10.1. The van der Waals surface area contributed by atoms with Gasteiger partial charge in [-0.05, 0) is 31.5 Å². The Morgan fingerprint density at radius 1 is 1.08 bits per heavy atom. The van der Waals surface area contributed by atoms with Crippen molar-refractivity contribution in [3.63, 3.8) is 0 Å². The van der Waals surface area contributed by atoms with E-state index in [2.05, 4.69) is 47.5 Å². The molecule has 2 atom stereocenters. The minimum Gasteiger partial charge on any atom is -0.492 e. The van der Waals surface area contributed by atoms with Crippen LogP contribution in [-0.4, -0.2) is 36.9 Å². The molecule has 0 aliphatic carbocycles. The van der Waals surface area contributed by atoms with Gasteiger partial charge in [0.2, 0.25) is 0 Å². The first kappa shape index (κ1) is 22.6. The Bertz CT molecular complexity index is 643. The molecule has 0 radical (unpaired) electrons. The van der Waals surface area contributed by atoms with Crippen LogP contribution >= 0.6 is 24.8 Å². The summed E-state index contributed by atoms with van der Waals surface area (Å²) in [6.07, 6.45) is -0.0518. The minimum atomic E-state index is -0.0518. The highest BCUT2D eigenvalue weighted by Gasteiger charge is 2.29. The van der Waals surface area contributed by atoms with Crippen molar-refractivity contribution in [3.05, 3.63) is 60.2 Å². The van der Waals surface area contributed by atoms with Crippen molar-refractivity contribution in [1.29, 1.82) is 0 Å². The van der Waals surface area contributed by atoms with Crippen molar-refractivity contribution < 1.29 is 9.47 Å². The van der Waals surface area contributed by atoms with Gasteiger partial charge in [0, 0.05) is 13.1 Å². The fourth-order valence-electron chi connectivity index (χ4n) is 3.06. The van der Waals surface area contributed by atoms with Gasteiger partial charge < -0.3 is 14.8 Å². The lowest BCUT2D eigenvalue weighted by molar-refractivity contribution is -0.0538. The quantitative estimate of drug-likeness (QED) is 0.771. The van der Waals surface area contributed by atoms with Crippen molar-refractivity contribution in [2.45, 2.75) is 32.7 Å². The lowest BCUT2D eigenvalue weighted by Gasteiger charge is -2.40. The van der Waals surface area contributed by atoms with Crippen LogP contribution in [0.5, 0.6) is 5.75 Å². The number of morpholine rings is 1. The third-order valence-corrected chi connectivity index (χ3v) is 4.40. The highest BCUT2D eigenvalue weighted by molar-refractivity contribution is 5.85. The molecule has 4 nitrogen and oxygen atoms in total. The van der Waals surface area contributed by atoms with Crippen LogP contribution in [0.1, 0.15) is 19.4 Å². The van der Waals surface area contributed by atoms with Crippen LogP contribution in [0.25, 0.3) is 0 Å². The van der Waals surface area contributed by atoms with Crippen molar-refractivity contribution in [2.24, 2.45) is 0 Å². The van der Waals surface area contributed by atoms with Crippen LogP contribution in [0.2, 0.25) is 0 Å². The molecule has 0 spiro atoms. The number of anilines is 1. The molecule has 0 bridgehead atoms. The van der Waals surface area contributed by atoms with Gasteiger partial charge in [0.1, 0.15) is 12.0 Å². The summed E-state index contributed by atoms with van der Waals surface area (Å²) in [4.78, 5) is 2.46. The van der Waals surface area contributed by atoms with Crippen LogP contribution in [0, 0.1) is 0 Å². The van der Waals surface area contributed by atoms with Gasteiger partial charge in [-0.15, -0.1) is 24.8 Å². The zero-order valence-corrected chi connectivity index (χ0v) is 16.9. The van der Waals surface area contributed by atoms with Crippen molar-refractivity contribution in [2.75, 3.05) is 25.1 Å². The van der Waals surface area contributed by atoms with Crippen LogP contribution in [0.4, 0.5) is 5.69 Å². The third-order valence-electron chi connectivity index (χ3n) is 4.40. The molecule has 3 rings (SSSR count). The molecule has 1 heterocycles. The van der Waals surface area contributed by atoms with Gasteiger partial charge in [0.25, 0.3) is 0 Å². The van der Waals surface area contributed by atoms with E-state index in [1.807, 2.05) is 31.2 Å². The van der Waals surface area contributed by atoms with E-state index in [1.165, 1.54) is 5.56 Å². The molecule has 1 N–H and O–H groups in total. The van der Waals surface area contributed by atoms with E-state index in [9.17, 15) is 0 Å². The van der Waals surface area contributed by atoms with Gasteiger partial charge in [-0.1, -0.05) is 42.5 Å². The first-order chi connectivity index (χ1) is 11.8. The normalized spacial score (nSPS) is 19.8. The summed E-state index contributed by atoms with van der Waals surface area (Å²) in [5, 5.41) is 3.51. The number of ether oxygens (including phenoxy) is 2. The molecular weight excluding hydrogens is 371 g/mol. The van der Waals surface area contributed by atoms with E-state index in [0.29, 0.717) is 6.61 Å². The topological polar surface area (TPSA) is 33.7 Å². The Labute approximate surface area is 168 Å². The molecular formula is C20H28Cl2N2O2. The molecule has 0 saturated carbocycles. The fraction of sp³-hybridized carbons (Fsp3) is 0.400. The molecule has 144 valence electrons. The Morgan fingerprint density at radius 3 is 2.50 bits per heavy atom. The number of nitrogens with one attached hydrogen (secondary N) is 1. The maximum absolute atomic E-state index is 5.99. The number of nitrogens with zero attached hydrogens (tertiary/aromatic N) is 1. The molecule has 2 aromatic rings. The van der Waals surface area contributed by atoms with E-state index >= 15 is 0 Å². The summed E-state index contributed by atoms with van der Waals surface area (Å²) >= 11 is 0.